The summed E-state index contributed by atoms with van der Waals surface area (Å²) in [6.07, 6.45) is 2.71. The fraction of sp³-hybridized carbons (Fsp3) is 0.750. The van der Waals surface area contributed by atoms with Gasteiger partial charge in [-0.3, -0.25) is 4.79 Å². The Balaban J connectivity index is 1.51. The van der Waals surface area contributed by atoms with E-state index in [9.17, 15) is 9.59 Å². The van der Waals surface area contributed by atoms with Crippen LogP contribution in [0.25, 0.3) is 0 Å². The number of nitrogens with one attached hydrogen (secondary N) is 1. The minimum atomic E-state index is -0.0126. The molecule has 3 rings (SSSR count). The fourth-order valence-electron chi connectivity index (χ4n) is 3.25. The minimum Gasteiger partial charge on any atom is -0.341 e. The van der Waals surface area contributed by atoms with Crippen molar-refractivity contribution in [1.29, 1.82) is 0 Å². The average Bonchev–Trinajstić information content (AvgIpc) is 3.21. The molecule has 0 saturated carbocycles. The van der Waals surface area contributed by atoms with E-state index in [1.165, 1.54) is 0 Å². The Morgan fingerprint density at radius 3 is 2.92 bits per heavy atom. The number of urea groups is 1. The first kappa shape index (κ1) is 16.7. The van der Waals surface area contributed by atoms with Gasteiger partial charge in [-0.15, -0.1) is 0 Å². The van der Waals surface area contributed by atoms with Crippen LogP contribution in [0.3, 0.4) is 0 Å². The zero-order valence-corrected chi connectivity index (χ0v) is 14.3. The van der Waals surface area contributed by atoms with Crippen LogP contribution in [0, 0.1) is 0 Å². The van der Waals surface area contributed by atoms with Crippen LogP contribution in [-0.4, -0.2) is 64.1 Å². The Kier molecular flexibility index (Phi) is 5.01. The van der Waals surface area contributed by atoms with Gasteiger partial charge in [0.15, 0.2) is 5.82 Å². The molecule has 0 aromatic carbocycles. The number of piperidine rings is 1. The van der Waals surface area contributed by atoms with Gasteiger partial charge in [-0.2, -0.15) is 4.98 Å². The van der Waals surface area contributed by atoms with Crippen LogP contribution >= 0.6 is 0 Å². The van der Waals surface area contributed by atoms with Crippen LogP contribution < -0.4 is 5.32 Å². The van der Waals surface area contributed by atoms with Crippen LogP contribution in [0.4, 0.5) is 4.79 Å². The molecule has 2 aliphatic rings. The largest absolute Gasteiger partial charge is 0.341 e. The van der Waals surface area contributed by atoms with Crippen molar-refractivity contribution >= 4 is 11.9 Å². The number of nitrogens with zero attached hydrogens (tertiary/aromatic N) is 4. The number of aromatic nitrogens is 2. The highest BCUT2D eigenvalue weighted by Crippen LogP contribution is 2.19. The summed E-state index contributed by atoms with van der Waals surface area (Å²) in [5.41, 5.74) is 0. The van der Waals surface area contributed by atoms with E-state index in [0.717, 1.165) is 25.9 Å². The number of rotatable bonds is 5. The molecular weight excluding hydrogens is 310 g/mol. The van der Waals surface area contributed by atoms with E-state index < -0.39 is 0 Å². The summed E-state index contributed by atoms with van der Waals surface area (Å²) in [5, 5.41) is 6.74. The van der Waals surface area contributed by atoms with Gasteiger partial charge in [-0.1, -0.05) is 19.0 Å². The van der Waals surface area contributed by atoms with Crippen LogP contribution in [0.1, 0.15) is 50.7 Å². The lowest BCUT2D eigenvalue weighted by Crippen LogP contribution is -2.50. The average molecular weight is 335 g/mol. The molecule has 2 fully saturated rings. The molecular formula is C16H25N5O3. The van der Waals surface area contributed by atoms with Crippen molar-refractivity contribution < 1.29 is 14.1 Å². The van der Waals surface area contributed by atoms with Gasteiger partial charge in [-0.05, 0) is 12.8 Å². The predicted octanol–water partition coefficient (Wildman–Crippen LogP) is 1.14. The van der Waals surface area contributed by atoms with Gasteiger partial charge in [0.1, 0.15) is 0 Å². The highest BCUT2D eigenvalue weighted by atomic mass is 16.5. The molecule has 0 bridgehead atoms. The first-order chi connectivity index (χ1) is 11.5. The number of likely N-dealkylation sites (tertiary alicyclic amines) is 1. The molecule has 1 aromatic heterocycles. The number of hydrogen-bond acceptors (Lipinski definition) is 5. The zero-order chi connectivity index (χ0) is 17.1. The van der Waals surface area contributed by atoms with E-state index in [1.54, 1.807) is 0 Å². The van der Waals surface area contributed by atoms with E-state index in [0.29, 0.717) is 37.6 Å². The van der Waals surface area contributed by atoms with E-state index in [1.807, 2.05) is 23.6 Å². The third kappa shape index (κ3) is 3.68. The summed E-state index contributed by atoms with van der Waals surface area (Å²) in [6.45, 7) is 6.80. The first-order valence-corrected chi connectivity index (χ1v) is 8.69. The second kappa shape index (κ2) is 7.19. The smallest absolute Gasteiger partial charge is 0.317 e. The SMILES string of the molecule is CC(C)c1noc(CCC(=O)N2CCCC(N3CCNC3=O)C2)n1. The number of carbonyl (C=O) groups excluding carboxylic acids is 2. The lowest BCUT2D eigenvalue weighted by Gasteiger charge is -2.37. The lowest BCUT2D eigenvalue weighted by atomic mass is 10.0. The topological polar surface area (TPSA) is 91.6 Å². The molecule has 3 amide bonds. The number of aryl methyl sites for hydroxylation is 1. The molecule has 0 aliphatic carbocycles. The van der Waals surface area contributed by atoms with Crippen molar-refractivity contribution in [2.24, 2.45) is 0 Å². The summed E-state index contributed by atoms with van der Waals surface area (Å²) >= 11 is 0. The molecule has 2 aliphatic heterocycles. The minimum absolute atomic E-state index is 0.0126. The van der Waals surface area contributed by atoms with Crippen molar-refractivity contribution in [1.82, 2.24) is 25.3 Å². The van der Waals surface area contributed by atoms with Crippen molar-refractivity contribution in [3.05, 3.63) is 11.7 Å². The lowest BCUT2D eigenvalue weighted by molar-refractivity contribution is -0.133. The molecule has 0 spiro atoms. The zero-order valence-electron chi connectivity index (χ0n) is 14.3. The van der Waals surface area contributed by atoms with Gasteiger partial charge < -0.3 is 19.6 Å². The molecule has 0 radical (unpaired) electrons. The standard InChI is InChI=1S/C16H25N5O3/c1-11(2)15-18-13(24-19-15)5-6-14(22)20-8-3-4-12(10-20)21-9-7-17-16(21)23/h11-12H,3-10H2,1-2H3,(H,17,23). The molecule has 3 heterocycles. The van der Waals surface area contributed by atoms with E-state index in [4.69, 9.17) is 4.52 Å². The summed E-state index contributed by atoms with van der Waals surface area (Å²) in [5.74, 6) is 1.49. The molecule has 1 atom stereocenters. The van der Waals surface area contributed by atoms with E-state index >= 15 is 0 Å². The van der Waals surface area contributed by atoms with Gasteiger partial charge in [0.2, 0.25) is 11.8 Å². The third-order valence-corrected chi connectivity index (χ3v) is 4.63. The molecule has 1 aromatic rings. The highest BCUT2D eigenvalue weighted by Gasteiger charge is 2.32. The van der Waals surface area contributed by atoms with Crippen molar-refractivity contribution in [3.63, 3.8) is 0 Å². The van der Waals surface area contributed by atoms with E-state index in [-0.39, 0.29) is 23.9 Å². The van der Waals surface area contributed by atoms with Gasteiger partial charge in [0.05, 0.1) is 6.04 Å². The molecule has 8 heteroatoms. The van der Waals surface area contributed by atoms with Gasteiger partial charge in [0.25, 0.3) is 0 Å². The van der Waals surface area contributed by atoms with Crippen molar-refractivity contribution in [2.45, 2.75) is 51.5 Å². The molecule has 2 saturated heterocycles. The highest BCUT2D eigenvalue weighted by molar-refractivity contribution is 5.78. The monoisotopic (exact) mass is 335 g/mol. The Morgan fingerprint density at radius 2 is 2.25 bits per heavy atom. The second-order valence-electron chi connectivity index (χ2n) is 6.76. The summed E-state index contributed by atoms with van der Waals surface area (Å²) in [6, 6.07) is 0.113. The van der Waals surface area contributed by atoms with Crippen LogP contribution in [0.5, 0.6) is 0 Å². The Morgan fingerprint density at radius 1 is 1.42 bits per heavy atom. The molecule has 8 nitrogen and oxygen atoms in total. The van der Waals surface area contributed by atoms with Gasteiger partial charge in [0, 0.05) is 44.9 Å². The number of carbonyl (C=O) groups is 2. The van der Waals surface area contributed by atoms with Gasteiger partial charge >= 0.3 is 6.03 Å². The van der Waals surface area contributed by atoms with Crippen molar-refractivity contribution in [3.8, 4) is 0 Å². The summed E-state index contributed by atoms with van der Waals surface area (Å²) in [4.78, 5) is 32.3. The number of hydrogen-bond donors (Lipinski definition) is 1. The maximum absolute atomic E-state index is 12.5. The third-order valence-electron chi connectivity index (χ3n) is 4.63. The Bertz CT molecular complexity index is 600. The second-order valence-corrected chi connectivity index (χ2v) is 6.76. The van der Waals surface area contributed by atoms with Crippen LogP contribution in [0.2, 0.25) is 0 Å². The summed E-state index contributed by atoms with van der Waals surface area (Å²) in [7, 11) is 0. The van der Waals surface area contributed by atoms with Gasteiger partial charge in [-0.25, -0.2) is 4.79 Å². The normalized spacial score (nSPS) is 21.5. The molecule has 24 heavy (non-hydrogen) atoms. The quantitative estimate of drug-likeness (QED) is 0.871. The predicted molar refractivity (Wildman–Crippen MR) is 86.4 cm³/mol. The van der Waals surface area contributed by atoms with Crippen LogP contribution in [-0.2, 0) is 11.2 Å². The molecule has 1 N–H and O–H groups in total. The molecule has 1 unspecified atom stereocenters. The first-order valence-electron chi connectivity index (χ1n) is 8.69. The van der Waals surface area contributed by atoms with Crippen molar-refractivity contribution in [2.75, 3.05) is 26.2 Å². The summed E-state index contributed by atoms with van der Waals surface area (Å²) < 4.78 is 5.19. The molecule has 132 valence electrons. The fourth-order valence-corrected chi connectivity index (χ4v) is 3.25. The van der Waals surface area contributed by atoms with E-state index in [2.05, 4.69) is 15.5 Å². The Labute approximate surface area is 141 Å². The Hall–Kier alpha value is -2.12. The maximum atomic E-state index is 12.5. The number of amides is 3. The maximum Gasteiger partial charge on any atom is 0.317 e. The van der Waals surface area contributed by atoms with Crippen LogP contribution in [0.15, 0.2) is 4.52 Å².